The first-order chi connectivity index (χ1) is 20.8. The second kappa shape index (κ2) is 13.8. The van der Waals surface area contributed by atoms with Gasteiger partial charge in [0.15, 0.2) is 34.5 Å². The normalized spacial score (nSPS) is 13.4. The molecule has 1 aliphatic rings. The number of rotatable bonds is 11. The number of carbonyl (C=O) groups excluding carboxylic acids is 1. The highest BCUT2D eigenvalue weighted by atomic mass is 16.5. The monoisotopic (exact) mass is 591 g/mol. The topological polar surface area (TPSA) is 94.2 Å². The Morgan fingerprint density at radius 1 is 0.605 bits per heavy atom. The van der Waals surface area contributed by atoms with Crippen LogP contribution < -0.4 is 37.9 Å². The second-order valence-corrected chi connectivity index (χ2v) is 9.38. The number of benzene rings is 3. The third kappa shape index (κ3) is 6.28. The zero-order valence-electron chi connectivity index (χ0n) is 25.7. The maximum absolute atomic E-state index is 13.8. The van der Waals surface area contributed by atoms with Crippen LogP contribution in [0, 0.1) is 0 Å². The largest absolute Gasteiger partial charge is 0.493 e. The molecule has 0 saturated heterocycles. The quantitative estimate of drug-likeness (QED) is 0.274. The molecule has 10 nitrogen and oxygen atoms in total. The molecule has 1 amide bonds. The van der Waals surface area contributed by atoms with Crippen molar-refractivity contribution in [1.82, 2.24) is 4.90 Å². The molecule has 0 N–H and O–H groups in total. The summed E-state index contributed by atoms with van der Waals surface area (Å²) in [5.74, 6) is 3.89. The number of hydrogen-bond acceptors (Lipinski definition) is 9. The predicted octanol–water partition coefficient (Wildman–Crippen LogP) is 5.35. The maximum Gasteiger partial charge on any atom is 0.251 e. The first kappa shape index (κ1) is 31.0. The number of amides is 1. The van der Waals surface area contributed by atoms with Crippen LogP contribution >= 0.6 is 0 Å². The van der Waals surface area contributed by atoms with E-state index in [-0.39, 0.29) is 5.91 Å². The molecule has 43 heavy (non-hydrogen) atoms. The highest BCUT2D eigenvalue weighted by Gasteiger charge is 2.27. The van der Waals surface area contributed by atoms with Crippen molar-refractivity contribution in [3.05, 3.63) is 64.7 Å². The molecule has 228 valence electrons. The first-order valence-electron chi connectivity index (χ1n) is 13.4. The second-order valence-electron chi connectivity index (χ2n) is 9.38. The van der Waals surface area contributed by atoms with E-state index in [2.05, 4.69) is 0 Å². The maximum atomic E-state index is 13.8. The van der Waals surface area contributed by atoms with Gasteiger partial charge < -0.3 is 42.8 Å². The summed E-state index contributed by atoms with van der Waals surface area (Å²) in [5.41, 5.74) is 4.00. The summed E-state index contributed by atoms with van der Waals surface area (Å²) in [6.45, 7) is 0.442. The van der Waals surface area contributed by atoms with Gasteiger partial charge in [-0.25, -0.2) is 0 Å². The number of methoxy groups -OCH3 is 8. The molecule has 1 aliphatic heterocycles. The van der Waals surface area contributed by atoms with Gasteiger partial charge in [0.1, 0.15) is 0 Å². The van der Waals surface area contributed by atoms with Crippen molar-refractivity contribution in [1.29, 1.82) is 0 Å². The van der Waals surface area contributed by atoms with Crippen molar-refractivity contribution in [3.63, 3.8) is 0 Å². The Morgan fingerprint density at radius 2 is 1.07 bits per heavy atom. The van der Waals surface area contributed by atoms with Crippen molar-refractivity contribution < 1.29 is 42.7 Å². The van der Waals surface area contributed by atoms with Crippen molar-refractivity contribution >= 4 is 23.8 Å². The Labute approximate surface area is 251 Å². The molecule has 3 aromatic rings. The van der Waals surface area contributed by atoms with Gasteiger partial charge >= 0.3 is 0 Å². The van der Waals surface area contributed by atoms with Gasteiger partial charge in [-0.3, -0.25) is 4.79 Å². The molecule has 0 unspecified atom stereocenters. The molecule has 0 bridgehead atoms. The summed E-state index contributed by atoms with van der Waals surface area (Å²) in [6.07, 6.45) is 5.77. The average molecular weight is 592 g/mol. The fourth-order valence-corrected chi connectivity index (χ4v) is 5.05. The Bertz CT molecular complexity index is 1490. The fraction of sp³-hybridized carbons (Fsp3) is 0.303. The average Bonchev–Trinajstić information content (AvgIpc) is 3.05. The molecule has 4 rings (SSSR count). The van der Waals surface area contributed by atoms with E-state index in [0.717, 1.165) is 16.7 Å². The van der Waals surface area contributed by atoms with Gasteiger partial charge in [-0.2, -0.15) is 0 Å². The number of fused-ring (bicyclic) bond motifs is 1. The van der Waals surface area contributed by atoms with E-state index < -0.39 is 0 Å². The van der Waals surface area contributed by atoms with Crippen LogP contribution in [0.15, 0.2) is 42.5 Å². The summed E-state index contributed by atoms with van der Waals surface area (Å²) in [4.78, 5) is 15.6. The van der Waals surface area contributed by atoms with Crippen molar-refractivity contribution in [2.24, 2.45) is 0 Å². The zero-order chi connectivity index (χ0) is 31.1. The molecule has 10 heteroatoms. The van der Waals surface area contributed by atoms with Gasteiger partial charge in [0, 0.05) is 18.2 Å². The summed E-state index contributed by atoms with van der Waals surface area (Å²) in [6, 6.07) is 11.1. The number of nitrogens with zero attached hydrogens (tertiary/aromatic N) is 1. The molecular weight excluding hydrogens is 554 g/mol. The van der Waals surface area contributed by atoms with E-state index in [1.807, 2.05) is 30.3 Å². The number of ether oxygens (including phenoxy) is 8. The van der Waals surface area contributed by atoms with Crippen LogP contribution in [-0.4, -0.2) is 74.2 Å². The standard InChI is InChI=1S/C33H37NO9/c1-36-25-18-22-11-12-34(31(35)10-9-20-14-27(38-3)32(42-7)28(15-20)39-4)24(23(22)19-26(25)37-2)13-21-16-29(40-5)33(43-8)30(17-21)41-6/h9-10,13-19H,11-12H2,1-8H3. The smallest absolute Gasteiger partial charge is 0.251 e. The summed E-state index contributed by atoms with van der Waals surface area (Å²) in [5, 5.41) is 0. The first-order valence-corrected chi connectivity index (χ1v) is 13.4. The van der Waals surface area contributed by atoms with E-state index in [4.69, 9.17) is 37.9 Å². The van der Waals surface area contributed by atoms with Crippen molar-refractivity contribution in [2.45, 2.75) is 6.42 Å². The van der Waals surface area contributed by atoms with Crippen LogP contribution in [0.5, 0.6) is 46.0 Å². The third-order valence-corrected chi connectivity index (χ3v) is 7.14. The number of carbonyl (C=O) groups is 1. The van der Waals surface area contributed by atoms with Crippen molar-refractivity contribution in [3.8, 4) is 46.0 Å². The molecular formula is C33H37NO9. The molecule has 0 saturated carbocycles. The van der Waals surface area contributed by atoms with Gasteiger partial charge in [0.25, 0.3) is 5.91 Å². The summed E-state index contributed by atoms with van der Waals surface area (Å²) < 4.78 is 44.1. The SMILES string of the molecule is COc1cc2c(cc1OC)C(=Cc1cc(OC)c(OC)c(OC)c1)N(C(=O)C=Cc1cc(OC)c(OC)c(OC)c1)CC2. The Balaban J connectivity index is 1.83. The molecule has 0 radical (unpaired) electrons. The highest BCUT2D eigenvalue weighted by Crippen LogP contribution is 2.42. The minimum atomic E-state index is -0.215. The van der Waals surface area contributed by atoms with E-state index in [1.54, 1.807) is 80.0 Å². The Hall–Kier alpha value is -4.99. The summed E-state index contributed by atoms with van der Waals surface area (Å²) in [7, 11) is 12.5. The molecule has 0 fully saturated rings. The lowest BCUT2D eigenvalue weighted by molar-refractivity contribution is -0.123. The van der Waals surface area contributed by atoms with Crippen LogP contribution in [0.4, 0.5) is 0 Å². The predicted molar refractivity (Wildman–Crippen MR) is 164 cm³/mol. The van der Waals surface area contributed by atoms with Gasteiger partial charge in [-0.05, 0) is 71.7 Å². The summed E-state index contributed by atoms with van der Waals surface area (Å²) >= 11 is 0. The molecule has 0 aromatic heterocycles. The molecule has 0 aliphatic carbocycles. The van der Waals surface area contributed by atoms with Crippen molar-refractivity contribution in [2.75, 3.05) is 63.4 Å². The van der Waals surface area contributed by atoms with Gasteiger partial charge in [-0.15, -0.1) is 0 Å². The van der Waals surface area contributed by atoms with Crippen LogP contribution in [0.25, 0.3) is 17.8 Å². The molecule has 0 atom stereocenters. The number of hydrogen-bond donors (Lipinski definition) is 0. The molecule has 0 spiro atoms. The van der Waals surface area contributed by atoms with Crippen LogP contribution in [-0.2, 0) is 11.2 Å². The van der Waals surface area contributed by atoms with Crippen LogP contribution in [0.1, 0.15) is 22.3 Å². The Morgan fingerprint density at radius 3 is 1.53 bits per heavy atom. The molecule has 1 heterocycles. The van der Waals surface area contributed by atoms with Crippen LogP contribution in [0.3, 0.4) is 0 Å². The minimum Gasteiger partial charge on any atom is -0.493 e. The lowest BCUT2D eigenvalue weighted by Crippen LogP contribution is -2.34. The van der Waals surface area contributed by atoms with E-state index in [9.17, 15) is 4.79 Å². The fourth-order valence-electron chi connectivity index (χ4n) is 5.05. The van der Waals surface area contributed by atoms with E-state index in [1.165, 1.54) is 6.08 Å². The van der Waals surface area contributed by atoms with E-state index >= 15 is 0 Å². The van der Waals surface area contributed by atoms with E-state index in [0.29, 0.717) is 70.2 Å². The lowest BCUT2D eigenvalue weighted by Gasteiger charge is -2.32. The highest BCUT2D eigenvalue weighted by molar-refractivity contribution is 6.01. The van der Waals surface area contributed by atoms with Crippen LogP contribution in [0.2, 0.25) is 0 Å². The van der Waals surface area contributed by atoms with Gasteiger partial charge in [0.2, 0.25) is 11.5 Å². The molecule has 3 aromatic carbocycles. The lowest BCUT2D eigenvalue weighted by atomic mass is 9.94. The zero-order valence-corrected chi connectivity index (χ0v) is 25.7. The van der Waals surface area contributed by atoms with Gasteiger partial charge in [-0.1, -0.05) is 0 Å². The third-order valence-electron chi connectivity index (χ3n) is 7.14. The van der Waals surface area contributed by atoms with Gasteiger partial charge in [0.05, 0.1) is 62.6 Å². The minimum absolute atomic E-state index is 0.215. The Kier molecular flexibility index (Phi) is 9.92.